The molecule has 1 fully saturated rings. The molecule has 4 rings (SSSR count). The van der Waals surface area contributed by atoms with E-state index in [0.29, 0.717) is 10.7 Å². The van der Waals surface area contributed by atoms with Gasteiger partial charge in [-0.1, -0.05) is 16.9 Å². The molecule has 0 aliphatic carbocycles. The van der Waals surface area contributed by atoms with Crippen molar-refractivity contribution in [2.24, 2.45) is 12.2 Å². The summed E-state index contributed by atoms with van der Waals surface area (Å²) >= 11 is 2.49. The third-order valence-corrected chi connectivity index (χ3v) is 7.77. The van der Waals surface area contributed by atoms with E-state index in [-0.39, 0.29) is 28.5 Å². The summed E-state index contributed by atoms with van der Waals surface area (Å²) < 4.78 is 1.44. The number of aliphatic carboxylic acids is 1. The summed E-state index contributed by atoms with van der Waals surface area (Å²) in [6, 6.07) is 2.13. The first kappa shape index (κ1) is 25.9. The minimum atomic E-state index is -1.28. The number of oxime groups is 1. The Balaban J connectivity index is 1.52. The monoisotopic (exact) mass is 550 g/mol. The number of hydrogen-bond donors (Lipinski definition) is 3. The summed E-state index contributed by atoms with van der Waals surface area (Å²) in [7, 11) is 2.81. The lowest BCUT2D eigenvalue weighted by atomic mass is 10.0. The molecule has 1 saturated heterocycles. The SMILES string of the molecule is CON=C(C(=O)NC1C(=O)N2C(C(=O)O)=C(CSc3nnnn3C)CS[C@@H]12)c1ccc(O)c([N+](=O)[O-])c1. The fourth-order valence-electron chi connectivity index (χ4n) is 3.63. The number of carbonyl (C=O) groups excluding carboxylic acids is 2. The van der Waals surface area contributed by atoms with Gasteiger partial charge in [-0.05, 0) is 28.1 Å². The molecule has 0 saturated carbocycles. The van der Waals surface area contributed by atoms with E-state index in [1.807, 2.05) is 0 Å². The number of aryl methyl sites for hydroxylation is 1. The van der Waals surface area contributed by atoms with E-state index in [2.05, 4.69) is 26.0 Å². The zero-order valence-corrected chi connectivity index (χ0v) is 20.7. The highest BCUT2D eigenvalue weighted by atomic mass is 32.2. The number of aromatic nitrogens is 4. The molecule has 0 spiro atoms. The van der Waals surface area contributed by atoms with Crippen LogP contribution in [-0.4, -0.2) is 93.8 Å². The molecule has 1 aromatic heterocycles. The molecule has 16 nitrogen and oxygen atoms in total. The number of tetrazole rings is 1. The second-order valence-electron chi connectivity index (χ2n) is 7.58. The Morgan fingerprint density at radius 2 is 2.19 bits per heavy atom. The van der Waals surface area contributed by atoms with Crippen LogP contribution in [0.25, 0.3) is 0 Å². The Labute approximate surface area is 215 Å². The fourth-order valence-corrected chi connectivity index (χ4v) is 5.97. The molecule has 0 radical (unpaired) electrons. The zero-order chi connectivity index (χ0) is 26.9. The van der Waals surface area contributed by atoms with Gasteiger partial charge in [-0.3, -0.25) is 24.6 Å². The maximum Gasteiger partial charge on any atom is 0.352 e. The Morgan fingerprint density at radius 3 is 2.81 bits per heavy atom. The van der Waals surface area contributed by atoms with Crippen LogP contribution in [0, 0.1) is 10.1 Å². The number of nitro groups is 1. The van der Waals surface area contributed by atoms with Gasteiger partial charge in [0.05, 0.1) is 4.92 Å². The number of amides is 2. The van der Waals surface area contributed by atoms with E-state index in [1.165, 1.54) is 34.3 Å². The number of fused-ring (bicyclic) bond motifs is 1. The van der Waals surface area contributed by atoms with Crippen LogP contribution in [0.5, 0.6) is 5.75 Å². The van der Waals surface area contributed by atoms with E-state index in [1.54, 1.807) is 7.05 Å². The van der Waals surface area contributed by atoms with Crippen LogP contribution in [0.4, 0.5) is 5.69 Å². The van der Waals surface area contributed by atoms with Gasteiger partial charge >= 0.3 is 11.7 Å². The number of benzene rings is 1. The number of carboxylic acid groups (broad SMARTS) is 1. The summed E-state index contributed by atoms with van der Waals surface area (Å²) in [6.45, 7) is 0. The Morgan fingerprint density at radius 1 is 1.43 bits per heavy atom. The molecule has 2 aliphatic heterocycles. The molecule has 37 heavy (non-hydrogen) atoms. The minimum absolute atomic E-state index is 0.0347. The normalized spacial score (nSPS) is 19.2. The predicted molar refractivity (Wildman–Crippen MR) is 128 cm³/mol. The van der Waals surface area contributed by atoms with Gasteiger partial charge in [0.15, 0.2) is 11.5 Å². The van der Waals surface area contributed by atoms with Crippen LogP contribution in [0.1, 0.15) is 5.56 Å². The highest BCUT2D eigenvalue weighted by Gasteiger charge is 2.54. The molecular weight excluding hydrogens is 532 g/mol. The molecule has 1 aromatic carbocycles. The summed E-state index contributed by atoms with van der Waals surface area (Å²) in [6.07, 6.45) is 0. The van der Waals surface area contributed by atoms with Crippen LogP contribution in [0.2, 0.25) is 0 Å². The van der Waals surface area contributed by atoms with Gasteiger partial charge in [-0.2, -0.15) is 0 Å². The predicted octanol–water partition coefficient (Wildman–Crippen LogP) is -0.295. The smallest absolute Gasteiger partial charge is 0.352 e. The largest absolute Gasteiger partial charge is 0.502 e. The van der Waals surface area contributed by atoms with Crippen molar-refractivity contribution in [1.29, 1.82) is 0 Å². The van der Waals surface area contributed by atoms with Crippen molar-refractivity contribution < 1.29 is 34.4 Å². The fraction of sp³-hybridized carbons (Fsp3) is 0.316. The number of carbonyl (C=O) groups is 3. The van der Waals surface area contributed by atoms with Gasteiger partial charge in [0.1, 0.15) is 24.2 Å². The molecule has 0 bridgehead atoms. The van der Waals surface area contributed by atoms with Crippen molar-refractivity contribution in [2.45, 2.75) is 16.6 Å². The highest BCUT2D eigenvalue weighted by molar-refractivity contribution is 8.01. The number of nitrogens with one attached hydrogen (secondary N) is 1. The number of thioether (sulfide) groups is 2. The second kappa shape index (κ2) is 10.4. The van der Waals surface area contributed by atoms with Gasteiger partial charge in [0, 0.05) is 30.2 Å². The lowest BCUT2D eigenvalue weighted by Gasteiger charge is -2.49. The standard InChI is InChI=1S/C19H18N8O8S2/c1-25-19(21-23-24-25)37-7-9-6-36-17-13(16(30)26(17)14(9)18(31)32)20-15(29)12(22-35-2)8-3-4-11(28)10(5-8)27(33)34/h3-5,13,17,28H,6-7H2,1-2H3,(H,20,29)(H,31,32)/t13?,17-/m0/s1. The summed E-state index contributed by atoms with van der Waals surface area (Å²) in [5, 5.41) is 47.6. The first-order chi connectivity index (χ1) is 17.6. The molecule has 2 atom stereocenters. The Hall–Kier alpha value is -4.19. The van der Waals surface area contributed by atoms with E-state index in [0.717, 1.165) is 24.1 Å². The van der Waals surface area contributed by atoms with Gasteiger partial charge in [-0.15, -0.1) is 16.9 Å². The molecule has 1 unspecified atom stereocenters. The quantitative estimate of drug-likeness (QED) is 0.120. The number of phenolic OH excluding ortho intramolecular Hbond substituents is 1. The topological polar surface area (TPSA) is 215 Å². The van der Waals surface area contributed by atoms with Crippen molar-refractivity contribution >= 4 is 52.7 Å². The van der Waals surface area contributed by atoms with E-state index >= 15 is 0 Å². The number of hydrogen-bond acceptors (Lipinski definition) is 13. The molecule has 3 heterocycles. The van der Waals surface area contributed by atoms with Crippen molar-refractivity contribution in [3.63, 3.8) is 0 Å². The van der Waals surface area contributed by atoms with Crippen molar-refractivity contribution in [2.75, 3.05) is 18.6 Å². The van der Waals surface area contributed by atoms with Crippen LogP contribution in [0.15, 0.2) is 39.8 Å². The number of nitro benzene ring substituents is 1. The molecule has 18 heteroatoms. The molecule has 2 aromatic rings. The first-order valence-electron chi connectivity index (χ1n) is 10.3. The third kappa shape index (κ3) is 4.92. The molecule has 2 amide bonds. The van der Waals surface area contributed by atoms with Gasteiger partial charge in [0.2, 0.25) is 5.16 Å². The second-order valence-corrected chi connectivity index (χ2v) is 9.62. The average molecular weight is 551 g/mol. The first-order valence-corrected chi connectivity index (χ1v) is 12.3. The molecule has 194 valence electrons. The third-order valence-electron chi connectivity index (χ3n) is 5.34. The van der Waals surface area contributed by atoms with Crippen molar-refractivity contribution in [1.82, 2.24) is 30.4 Å². The van der Waals surface area contributed by atoms with Crippen molar-refractivity contribution in [3.05, 3.63) is 45.1 Å². The molecule has 3 N–H and O–H groups in total. The average Bonchev–Trinajstić information content (AvgIpc) is 3.28. The lowest BCUT2D eigenvalue weighted by Crippen LogP contribution is -2.71. The number of aromatic hydroxyl groups is 1. The highest BCUT2D eigenvalue weighted by Crippen LogP contribution is 2.41. The maximum atomic E-state index is 13.0. The van der Waals surface area contributed by atoms with Gasteiger partial charge < -0.3 is 20.4 Å². The van der Waals surface area contributed by atoms with Crippen LogP contribution in [-0.2, 0) is 26.3 Å². The molecule has 2 aliphatic rings. The van der Waals surface area contributed by atoms with E-state index < -0.39 is 45.6 Å². The van der Waals surface area contributed by atoms with Crippen LogP contribution < -0.4 is 5.32 Å². The number of carboxylic acids is 1. The number of rotatable bonds is 9. The number of β-lactam (4-membered cyclic amide) rings is 1. The Bertz CT molecular complexity index is 1360. The van der Waals surface area contributed by atoms with Gasteiger partial charge in [-0.25, -0.2) is 9.48 Å². The zero-order valence-electron chi connectivity index (χ0n) is 19.1. The summed E-state index contributed by atoms with van der Waals surface area (Å²) in [5.74, 6) is -2.89. The van der Waals surface area contributed by atoms with Gasteiger partial charge in [0.25, 0.3) is 11.8 Å². The summed E-state index contributed by atoms with van der Waals surface area (Å²) in [5.41, 5.74) is -0.727. The van der Waals surface area contributed by atoms with E-state index in [9.17, 15) is 34.7 Å². The number of phenols is 1. The summed E-state index contributed by atoms with van der Waals surface area (Å²) in [4.78, 5) is 54.1. The van der Waals surface area contributed by atoms with Crippen LogP contribution >= 0.6 is 23.5 Å². The molecular formula is C19H18N8O8S2. The van der Waals surface area contributed by atoms with Crippen molar-refractivity contribution in [3.8, 4) is 5.75 Å². The van der Waals surface area contributed by atoms with Crippen LogP contribution in [0.3, 0.4) is 0 Å². The van der Waals surface area contributed by atoms with E-state index in [4.69, 9.17) is 4.84 Å². The Kier molecular flexibility index (Phi) is 7.30. The maximum absolute atomic E-state index is 13.0. The number of nitrogens with zero attached hydrogens (tertiary/aromatic N) is 7. The minimum Gasteiger partial charge on any atom is -0.502 e. The lowest BCUT2D eigenvalue weighted by molar-refractivity contribution is -0.385.